The molecule has 0 saturated carbocycles. The Morgan fingerprint density at radius 2 is 1.66 bits per heavy atom. The molecule has 0 aliphatic heterocycles. The van der Waals surface area contributed by atoms with Gasteiger partial charge in [-0.05, 0) is 42.3 Å². The van der Waals surface area contributed by atoms with Crippen LogP contribution in [0.15, 0.2) is 53.4 Å². The molecule has 29 heavy (non-hydrogen) atoms. The summed E-state index contributed by atoms with van der Waals surface area (Å²) in [5, 5.41) is 5.29. The third-order valence-electron chi connectivity index (χ3n) is 4.08. The quantitative estimate of drug-likeness (QED) is 0.573. The van der Waals surface area contributed by atoms with Gasteiger partial charge in [-0.1, -0.05) is 24.3 Å². The predicted octanol–water partition coefficient (Wildman–Crippen LogP) is 1.77. The molecule has 0 spiro atoms. The van der Waals surface area contributed by atoms with Crippen LogP contribution in [0, 0.1) is 0 Å². The number of amides is 2. The zero-order chi connectivity index (χ0) is 21.4. The molecule has 0 fully saturated rings. The number of hydrogen-bond acceptors (Lipinski definition) is 5. The van der Waals surface area contributed by atoms with Crippen LogP contribution in [0.4, 0.5) is 5.69 Å². The summed E-state index contributed by atoms with van der Waals surface area (Å²) in [7, 11) is -2.30. The number of anilines is 1. The van der Waals surface area contributed by atoms with Crippen LogP contribution in [0.5, 0.6) is 0 Å². The van der Waals surface area contributed by atoms with E-state index in [4.69, 9.17) is 4.74 Å². The van der Waals surface area contributed by atoms with Gasteiger partial charge in [0.1, 0.15) is 0 Å². The lowest BCUT2D eigenvalue weighted by atomic mass is 10.1. The molecule has 156 valence electrons. The SMILES string of the molecule is COCc1ccccc1CNC(=O)[C@H](C)NS(=O)(=O)c1ccc(NC(C)=O)cc1. The van der Waals surface area contributed by atoms with Crippen molar-refractivity contribution in [1.82, 2.24) is 10.0 Å². The third-order valence-corrected chi connectivity index (χ3v) is 5.64. The molecule has 0 radical (unpaired) electrons. The molecule has 2 aromatic rings. The van der Waals surface area contributed by atoms with Gasteiger partial charge in [0.25, 0.3) is 0 Å². The summed E-state index contributed by atoms with van der Waals surface area (Å²) in [5.74, 6) is -0.702. The van der Waals surface area contributed by atoms with Crippen LogP contribution in [0.2, 0.25) is 0 Å². The van der Waals surface area contributed by atoms with E-state index >= 15 is 0 Å². The number of hydrogen-bond donors (Lipinski definition) is 3. The first kappa shape index (κ1) is 22.5. The van der Waals surface area contributed by atoms with Crippen molar-refractivity contribution in [3.05, 3.63) is 59.7 Å². The predicted molar refractivity (Wildman–Crippen MR) is 110 cm³/mol. The average Bonchev–Trinajstić information content (AvgIpc) is 2.67. The summed E-state index contributed by atoms with van der Waals surface area (Å²) < 4.78 is 32.5. The number of rotatable bonds is 9. The van der Waals surface area contributed by atoms with E-state index in [1.54, 1.807) is 7.11 Å². The number of carbonyl (C=O) groups is 2. The minimum absolute atomic E-state index is 0.00306. The van der Waals surface area contributed by atoms with Crippen LogP contribution in [0.25, 0.3) is 0 Å². The Morgan fingerprint density at radius 1 is 1.03 bits per heavy atom. The van der Waals surface area contributed by atoms with Gasteiger partial charge in [0, 0.05) is 26.3 Å². The number of sulfonamides is 1. The van der Waals surface area contributed by atoms with E-state index < -0.39 is 22.0 Å². The van der Waals surface area contributed by atoms with E-state index in [-0.39, 0.29) is 17.3 Å². The second-order valence-electron chi connectivity index (χ2n) is 6.47. The topological polar surface area (TPSA) is 114 Å². The van der Waals surface area contributed by atoms with Crippen molar-refractivity contribution in [3.8, 4) is 0 Å². The molecule has 0 bridgehead atoms. The fourth-order valence-corrected chi connectivity index (χ4v) is 3.84. The van der Waals surface area contributed by atoms with E-state index in [1.165, 1.54) is 38.1 Å². The van der Waals surface area contributed by atoms with Gasteiger partial charge in [0.05, 0.1) is 17.5 Å². The highest BCUT2D eigenvalue weighted by Crippen LogP contribution is 2.14. The first-order valence-electron chi connectivity index (χ1n) is 8.96. The molecular formula is C20H25N3O5S. The van der Waals surface area contributed by atoms with Crippen molar-refractivity contribution in [2.45, 2.75) is 37.9 Å². The second-order valence-corrected chi connectivity index (χ2v) is 8.18. The average molecular weight is 420 g/mol. The van der Waals surface area contributed by atoms with Crippen molar-refractivity contribution >= 4 is 27.5 Å². The second kappa shape index (κ2) is 10.1. The lowest BCUT2D eigenvalue weighted by Crippen LogP contribution is -2.44. The zero-order valence-electron chi connectivity index (χ0n) is 16.6. The number of methoxy groups -OCH3 is 1. The van der Waals surface area contributed by atoms with Crippen LogP contribution in [0.3, 0.4) is 0 Å². The maximum atomic E-state index is 12.5. The molecule has 9 heteroatoms. The number of nitrogens with one attached hydrogen (secondary N) is 3. The Balaban J connectivity index is 1.98. The summed E-state index contributed by atoms with van der Waals surface area (Å²) in [6, 6.07) is 12.2. The highest BCUT2D eigenvalue weighted by molar-refractivity contribution is 7.89. The number of benzene rings is 2. The van der Waals surface area contributed by atoms with Crippen LogP contribution in [-0.2, 0) is 37.5 Å². The van der Waals surface area contributed by atoms with E-state index in [9.17, 15) is 18.0 Å². The molecule has 2 amide bonds. The Kier molecular flexibility index (Phi) is 7.89. The van der Waals surface area contributed by atoms with Gasteiger partial charge in [-0.3, -0.25) is 9.59 Å². The van der Waals surface area contributed by atoms with Crippen LogP contribution < -0.4 is 15.4 Å². The zero-order valence-corrected chi connectivity index (χ0v) is 17.4. The van der Waals surface area contributed by atoms with Crippen molar-refractivity contribution < 1.29 is 22.7 Å². The summed E-state index contributed by atoms with van der Waals surface area (Å²) >= 11 is 0. The van der Waals surface area contributed by atoms with Gasteiger partial charge < -0.3 is 15.4 Å². The summed E-state index contributed by atoms with van der Waals surface area (Å²) in [6.45, 7) is 3.51. The van der Waals surface area contributed by atoms with E-state index in [0.717, 1.165) is 11.1 Å². The Hall–Kier alpha value is -2.75. The van der Waals surface area contributed by atoms with Gasteiger partial charge in [0.15, 0.2) is 0 Å². The Morgan fingerprint density at radius 3 is 2.24 bits per heavy atom. The molecule has 0 aliphatic rings. The van der Waals surface area contributed by atoms with Gasteiger partial charge in [-0.15, -0.1) is 0 Å². The molecule has 2 aromatic carbocycles. The maximum Gasteiger partial charge on any atom is 0.241 e. The van der Waals surface area contributed by atoms with Crippen molar-refractivity contribution in [2.24, 2.45) is 0 Å². The molecule has 2 rings (SSSR count). The standard InChI is InChI=1S/C20H25N3O5S/c1-14(20(25)21-12-16-6-4-5-7-17(16)13-28-3)23-29(26,27)19-10-8-18(9-11-19)22-15(2)24/h4-11,14,23H,12-13H2,1-3H3,(H,21,25)(H,22,24)/t14-/m0/s1. The molecule has 0 aromatic heterocycles. The summed E-state index contributed by atoms with van der Waals surface area (Å²) in [4.78, 5) is 23.4. The van der Waals surface area contributed by atoms with Gasteiger partial charge in [0.2, 0.25) is 21.8 Å². The largest absolute Gasteiger partial charge is 0.380 e. The summed E-state index contributed by atoms with van der Waals surface area (Å²) in [6.07, 6.45) is 0. The van der Waals surface area contributed by atoms with E-state index in [1.807, 2.05) is 24.3 Å². The van der Waals surface area contributed by atoms with E-state index in [2.05, 4.69) is 15.4 Å². The highest BCUT2D eigenvalue weighted by atomic mass is 32.2. The van der Waals surface area contributed by atoms with Gasteiger partial charge in [-0.25, -0.2) is 8.42 Å². The molecule has 0 unspecified atom stereocenters. The minimum atomic E-state index is -3.89. The molecule has 0 aliphatic carbocycles. The molecule has 0 heterocycles. The molecule has 1 atom stereocenters. The van der Waals surface area contributed by atoms with Crippen molar-refractivity contribution in [3.63, 3.8) is 0 Å². The lowest BCUT2D eigenvalue weighted by molar-refractivity contribution is -0.122. The number of carbonyl (C=O) groups excluding carboxylic acids is 2. The normalized spacial score (nSPS) is 12.2. The van der Waals surface area contributed by atoms with Gasteiger partial charge in [-0.2, -0.15) is 4.72 Å². The maximum absolute atomic E-state index is 12.5. The fourth-order valence-electron chi connectivity index (χ4n) is 2.64. The molecular weight excluding hydrogens is 394 g/mol. The minimum Gasteiger partial charge on any atom is -0.380 e. The van der Waals surface area contributed by atoms with Crippen LogP contribution >= 0.6 is 0 Å². The highest BCUT2D eigenvalue weighted by Gasteiger charge is 2.22. The van der Waals surface area contributed by atoms with Crippen LogP contribution in [-0.4, -0.2) is 33.4 Å². The van der Waals surface area contributed by atoms with E-state index in [0.29, 0.717) is 12.3 Å². The summed E-state index contributed by atoms with van der Waals surface area (Å²) in [5.41, 5.74) is 2.33. The van der Waals surface area contributed by atoms with Gasteiger partial charge >= 0.3 is 0 Å². The fraction of sp³-hybridized carbons (Fsp3) is 0.300. The Bertz CT molecular complexity index is 958. The Labute approximate surface area is 170 Å². The third kappa shape index (κ3) is 6.67. The first-order valence-corrected chi connectivity index (χ1v) is 10.4. The van der Waals surface area contributed by atoms with Crippen molar-refractivity contribution in [1.29, 1.82) is 0 Å². The number of ether oxygens (including phenoxy) is 1. The molecule has 3 N–H and O–H groups in total. The lowest BCUT2D eigenvalue weighted by Gasteiger charge is -2.16. The monoisotopic (exact) mass is 419 g/mol. The molecule has 8 nitrogen and oxygen atoms in total. The van der Waals surface area contributed by atoms with Crippen LogP contribution in [0.1, 0.15) is 25.0 Å². The first-order chi connectivity index (χ1) is 13.7. The molecule has 0 saturated heterocycles. The smallest absolute Gasteiger partial charge is 0.241 e. The van der Waals surface area contributed by atoms with Crippen molar-refractivity contribution in [2.75, 3.05) is 12.4 Å².